The number of rotatable bonds is 5. The maximum atomic E-state index is 12.9. The van der Waals surface area contributed by atoms with Gasteiger partial charge in [0.15, 0.2) is 0 Å². The molecule has 1 aliphatic heterocycles. The molecule has 7 nitrogen and oxygen atoms in total. The number of nitrogens with zero attached hydrogens (tertiary/aromatic N) is 2. The second-order valence-corrected chi connectivity index (χ2v) is 7.47. The van der Waals surface area contributed by atoms with Crippen molar-refractivity contribution in [2.45, 2.75) is 12.6 Å². The summed E-state index contributed by atoms with van der Waals surface area (Å²) in [7, 11) is 1.53. The van der Waals surface area contributed by atoms with E-state index in [1.807, 2.05) is 0 Å². The zero-order valence-corrected chi connectivity index (χ0v) is 17.5. The van der Waals surface area contributed by atoms with Crippen molar-refractivity contribution in [2.24, 2.45) is 0 Å². The number of aliphatic hydroxyl groups is 1. The van der Waals surface area contributed by atoms with Crippen molar-refractivity contribution >= 4 is 33.4 Å². The van der Waals surface area contributed by atoms with Crippen LogP contribution in [0.1, 0.15) is 23.1 Å². The van der Waals surface area contributed by atoms with Gasteiger partial charge in [0.1, 0.15) is 23.3 Å². The monoisotopic (exact) mass is 468 g/mol. The number of hydrogen-bond acceptors (Lipinski definition) is 6. The van der Waals surface area contributed by atoms with E-state index >= 15 is 0 Å². The number of methoxy groups -OCH3 is 1. The zero-order chi connectivity index (χ0) is 21.3. The van der Waals surface area contributed by atoms with Crippen LogP contribution in [0.25, 0.3) is 5.76 Å². The normalized spacial score (nSPS) is 18.1. The van der Waals surface area contributed by atoms with Gasteiger partial charge < -0.3 is 19.2 Å². The fourth-order valence-electron chi connectivity index (χ4n) is 3.42. The van der Waals surface area contributed by atoms with E-state index in [-0.39, 0.29) is 17.9 Å². The summed E-state index contributed by atoms with van der Waals surface area (Å²) in [6, 6.07) is 12.7. The Morgan fingerprint density at radius 3 is 2.70 bits per heavy atom. The Hall–Kier alpha value is -3.39. The number of benzene rings is 1. The molecule has 1 amide bonds. The number of hydrogen-bond donors (Lipinski definition) is 1. The summed E-state index contributed by atoms with van der Waals surface area (Å²) in [6.07, 6.45) is 3.07. The van der Waals surface area contributed by atoms with Crippen LogP contribution in [-0.2, 0) is 16.1 Å². The van der Waals surface area contributed by atoms with E-state index in [0.29, 0.717) is 27.2 Å². The molecule has 0 saturated carbocycles. The molecule has 4 rings (SSSR count). The lowest BCUT2D eigenvalue weighted by atomic mass is 9.99. The molecule has 3 aromatic rings. The highest BCUT2D eigenvalue weighted by atomic mass is 79.9. The Balaban J connectivity index is 1.83. The molecule has 0 spiro atoms. The first-order valence-corrected chi connectivity index (χ1v) is 9.86. The average molecular weight is 469 g/mol. The molecule has 1 atom stereocenters. The summed E-state index contributed by atoms with van der Waals surface area (Å²) in [5, 5.41) is 11.0. The van der Waals surface area contributed by atoms with E-state index < -0.39 is 17.7 Å². The molecule has 1 aliphatic rings. The molecule has 1 unspecified atom stereocenters. The minimum absolute atomic E-state index is 0.0389. The number of halogens is 1. The van der Waals surface area contributed by atoms with Crippen molar-refractivity contribution in [1.82, 2.24) is 9.88 Å². The van der Waals surface area contributed by atoms with E-state index in [1.54, 1.807) is 54.7 Å². The van der Waals surface area contributed by atoms with Gasteiger partial charge in [0.05, 0.1) is 35.7 Å². The smallest absolute Gasteiger partial charge is 0.296 e. The van der Waals surface area contributed by atoms with Gasteiger partial charge in [-0.25, -0.2) is 0 Å². The number of amides is 1. The quantitative estimate of drug-likeness (QED) is 0.344. The molecule has 0 bridgehead atoms. The maximum absolute atomic E-state index is 12.9. The van der Waals surface area contributed by atoms with Crippen molar-refractivity contribution in [3.63, 3.8) is 0 Å². The van der Waals surface area contributed by atoms with E-state index in [0.717, 1.165) is 0 Å². The molecule has 1 fully saturated rings. The molecule has 152 valence electrons. The molecule has 0 radical (unpaired) electrons. The maximum Gasteiger partial charge on any atom is 0.296 e. The Labute approximate surface area is 180 Å². The van der Waals surface area contributed by atoms with Crippen LogP contribution in [0.15, 0.2) is 75.5 Å². The van der Waals surface area contributed by atoms with Gasteiger partial charge in [0.2, 0.25) is 0 Å². The summed E-state index contributed by atoms with van der Waals surface area (Å²) < 4.78 is 11.3. The van der Waals surface area contributed by atoms with E-state index in [9.17, 15) is 14.7 Å². The summed E-state index contributed by atoms with van der Waals surface area (Å²) in [5.41, 5.74) is 0.946. The minimum atomic E-state index is -0.872. The van der Waals surface area contributed by atoms with E-state index in [1.165, 1.54) is 18.3 Å². The molecule has 1 saturated heterocycles. The van der Waals surface area contributed by atoms with Gasteiger partial charge in [-0.2, -0.15) is 0 Å². The first-order chi connectivity index (χ1) is 14.5. The second kappa shape index (κ2) is 8.16. The number of carbonyl (C=O) groups is 2. The van der Waals surface area contributed by atoms with Crippen LogP contribution in [0.3, 0.4) is 0 Å². The van der Waals surface area contributed by atoms with Gasteiger partial charge in [-0.15, -0.1) is 0 Å². The van der Waals surface area contributed by atoms with Crippen LogP contribution in [0.5, 0.6) is 5.75 Å². The number of pyridine rings is 1. The van der Waals surface area contributed by atoms with Crippen LogP contribution in [0.4, 0.5) is 0 Å². The van der Waals surface area contributed by atoms with E-state index in [2.05, 4.69) is 20.9 Å². The van der Waals surface area contributed by atoms with Gasteiger partial charge in [0, 0.05) is 11.8 Å². The Morgan fingerprint density at radius 1 is 1.23 bits per heavy atom. The highest BCUT2D eigenvalue weighted by molar-refractivity contribution is 9.10. The third kappa shape index (κ3) is 3.50. The SMILES string of the molecule is COc1ccc(/C(O)=C2/C(=O)C(=O)N(Cc3ccccn3)C2c2ccco2)cc1Br. The van der Waals surface area contributed by atoms with Crippen molar-refractivity contribution in [2.75, 3.05) is 7.11 Å². The second-order valence-electron chi connectivity index (χ2n) is 6.61. The molecular formula is C22H17BrN2O5. The van der Waals surface area contributed by atoms with Crippen molar-refractivity contribution in [1.29, 1.82) is 0 Å². The topological polar surface area (TPSA) is 92.9 Å². The fourth-order valence-corrected chi connectivity index (χ4v) is 3.96. The van der Waals surface area contributed by atoms with Gasteiger partial charge >= 0.3 is 0 Å². The molecule has 1 aromatic carbocycles. The fraction of sp³-hybridized carbons (Fsp3) is 0.136. The molecule has 2 aromatic heterocycles. The Kier molecular flexibility index (Phi) is 5.41. The third-order valence-electron chi connectivity index (χ3n) is 4.84. The van der Waals surface area contributed by atoms with Crippen LogP contribution >= 0.6 is 15.9 Å². The van der Waals surface area contributed by atoms with Gasteiger partial charge in [-0.1, -0.05) is 6.07 Å². The number of ether oxygens (including phenoxy) is 1. The summed E-state index contributed by atoms with van der Waals surface area (Å²) in [6.45, 7) is 0.0971. The predicted octanol–water partition coefficient (Wildman–Crippen LogP) is 4.07. The van der Waals surface area contributed by atoms with Crippen molar-refractivity contribution < 1.29 is 23.8 Å². The van der Waals surface area contributed by atoms with Crippen LogP contribution in [-0.4, -0.2) is 33.8 Å². The first kappa shape index (κ1) is 19.9. The third-order valence-corrected chi connectivity index (χ3v) is 5.46. The number of Topliss-reactive ketones (excluding diaryl/α,β-unsaturated/α-hetero) is 1. The zero-order valence-electron chi connectivity index (χ0n) is 15.9. The predicted molar refractivity (Wildman–Crippen MR) is 111 cm³/mol. The van der Waals surface area contributed by atoms with Crippen LogP contribution in [0, 0.1) is 0 Å². The number of ketones is 1. The van der Waals surface area contributed by atoms with Crippen LogP contribution in [0.2, 0.25) is 0 Å². The lowest BCUT2D eigenvalue weighted by Gasteiger charge is -2.22. The number of furan rings is 1. The van der Waals surface area contributed by atoms with Crippen LogP contribution < -0.4 is 4.74 Å². The molecule has 30 heavy (non-hydrogen) atoms. The lowest BCUT2D eigenvalue weighted by molar-refractivity contribution is -0.140. The molecule has 0 aliphatic carbocycles. The average Bonchev–Trinajstić information content (AvgIpc) is 3.37. The van der Waals surface area contributed by atoms with Gasteiger partial charge in [0.25, 0.3) is 11.7 Å². The minimum Gasteiger partial charge on any atom is -0.507 e. The molecular weight excluding hydrogens is 452 g/mol. The summed E-state index contributed by atoms with van der Waals surface area (Å²) in [4.78, 5) is 31.4. The Morgan fingerprint density at radius 2 is 2.07 bits per heavy atom. The summed E-state index contributed by atoms with van der Waals surface area (Å²) >= 11 is 3.37. The van der Waals surface area contributed by atoms with Gasteiger partial charge in [-0.3, -0.25) is 14.6 Å². The number of aromatic nitrogens is 1. The number of likely N-dealkylation sites (tertiary alicyclic amines) is 1. The Bertz CT molecular complexity index is 1130. The standard InChI is InChI=1S/C22H17BrN2O5/c1-29-16-8-7-13(11-15(16)23)20(26)18-19(17-6-4-10-30-17)25(22(28)21(18)27)12-14-5-2-3-9-24-14/h2-11,19,26H,12H2,1H3/b20-18-. The highest BCUT2D eigenvalue weighted by Gasteiger charge is 2.47. The number of aliphatic hydroxyl groups excluding tert-OH is 1. The first-order valence-electron chi connectivity index (χ1n) is 9.07. The van der Waals surface area contributed by atoms with Gasteiger partial charge in [-0.05, 0) is 58.4 Å². The molecule has 8 heteroatoms. The molecule has 1 N–H and O–H groups in total. The largest absolute Gasteiger partial charge is 0.507 e. The highest BCUT2D eigenvalue weighted by Crippen LogP contribution is 2.41. The summed E-state index contributed by atoms with van der Waals surface area (Å²) in [5.74, 6) is -0.849. The number of carbonyl (C=O) groups excluding carboxylic acids is 2. The molecule has 3 heterocycles. The van der Waals surface area contributed by atoms with Crippen molar-refractivity contribution in [3.05, 3.63) is 88.1 Å². The van der Waals surface area contributed by atoms with Crippen molar-refractivity contribution in [3.8, 4) is 5.75 Å². The van der Waals surface area contributed by atoms with E-state index in [4.69, 9.17) is 9.15 Å². The lowest BCUT2D eigenvalue weighted by Crippen LogP contribution is -2.29.